The minimum Gasteiger partial charge on any atom is -0.143 e. The van der Waals surface area contributed by atoms with Crippen molar-refractivity contribution in [1.29, 1.82) is 0 Å². The van der Waals surface area contributed by atoms with Gasteiger partial charge < -0.3 is 0 Å². The van der Waals surface area contributed by atoms with Crippen molar-refractivity contribution in [1.82, 2.24) is 0 Å². The summed E-state index contributed by atoms with van der Waals surface area (Å²) in [5.41, 5.74) is 6.05. The molecule has 0 bridgehead atoms. The molecule has 0 aliphatic heterocycles. The predicted molar refractivity (Wildman–Crippen MR) is 113 cm³/mol. The Bertz CT molecular complexity index is 985. The van der Waals surface area contributed by atoms with E-state index >= 15 is 0 Å². The fourth-order valence-electron chi connectivity index (χ4n) is 2.82. The fraction of sp³-hybridized carbons (Fsp3) is 0.0435. The Morgan fingerprint density at radius 1 is 0.680 bits per heavy atom. The van der Waals surface area contributed by atoms with Crippen LogP contribution in [0.4, 0.5) is 0 Å². The molecular weight excluding hydrogens is 340 g/mol. The van der Waals surface area contributed by atoms with E-state index in [4.69, 9.17) is 0 Å². The van der Waals surface area contributed by atoms with Crippen LogP contribution >= 0.6 is 22.7 Å². The molecule has 0 aliphatic carbocycles. The standard InChI is InChI=1S/C23H18S2/c1-16(2)17-5-7-18(8-6-17)19-9-11-20(12-10-19)21-13-14-23(25-21)22-4-3-15-24-22/h3-15H,1H2,2H3. The highest BCUT2D eigenvalue weighted by Gasteiger charge is 2.06. The third-order valence-corrected chi connectivity index (χ3v) is 6.45. The zero-order chi connectivity index (χ0) is 17.2. The molecule has 4 rings (SSSR count). The minimum atomic E-state index is 1.10. The highest BCUT2D eigenvalue weighted by molar-refractivity contribution is 7.23. The Kier molecular flexibility index (Phi) is 4.39. The van der Waals surface area contributed by atoms with Gasteiger partial charge in [0.15, 0.2) is 0 Å². The van der Waals surface area contributed by atoms with Gasteiger partial charge in [-0.2, -0.15) is 0 Å². The smallest absolute Gasteiger partial charge is 0.0449 e. The summed E-state index contributed by atoms with van der Waals surface area (Å²) in [5, 5.41) is 2.13. The molecule has 2 heterocycles. The molecule has 0 spiro atoms. The third-order valence-electron chi connectivity index (χ3n) is 4.25. The topological polar surface area (TPSA) is 0 Å². The third kappa shape index (κ3) is 3.37. The Hall–Kier alpha value is -2.42. The maximum atomic E-state index is 4.00. The second-order valence-electron chi connectivity index (χ2n) is 6.08. The van der Waals surface area contributed by atoms with Gasteiger partial charge in [0.25, 0.3) is 0 Å². The monoisotopic (exact) mass is 358 g/mol. The first-order valence-corrected chi connectivity index (χ1v) is 9.91. The van der Waals surface area contributed by atoms with E-state index in [0.717, 1.165) is 5.57 Å². The van der Waals surface area contributed by atoms with Gasteiger partial charge >= 0.3 is 0 Å². The molecule has 122 valence electrons. The van der Waals surface area contributed by atoms with Crippen LogP contribution in [-0.4, -0.2) is 0 Å². The first-order valence-electron chi connectivity index (χ1n) is 8.21. The zero-order valence-corrected chi connectivity index (χ0v) is 15.7. The van der Waals surface area contributed by atoms with Gasteiger partial charge in [-0.3, -0.25) is 0 Å². The van der Waals surface area contributed by atoms with Crippen LogP contribution in [0.5, 0.6) is 0 Å². The lowest BCUT2D eigenvalue weighted by atomic mass is 10.0. The molecule has 0 fully saturated rings. The van der Waals surface area contributed by atoms with Crippen molar-refractivity contribution in [3.8, 4) is 31.3 Å². The maximum absolute atomic E-state index is 4.00. The fourth-order valence-corrected chi connectivity index (χ4v) is 4.66. The summed E-state index contributed by atoms with van der Waals surface area (Å²) in [7, 11) is 0. The molecule has 0 saturated heterocycles. The van der Waals surface area contributed by atoms with E-state index < -0.39 is 0 Å². The van der Waals surface area contributed by atoms with Crippen molar-refractivity contribution in [3.63, 3.8) is 0 Å². The molecule has 2 aromatic heterocycles. The number of allylic oxidation sites excluding steroid dienone is 1. The molecule has 0 amide bonds. The average molecular weight is 359 g/mol. The SMILES string of the molecule is C=C(C)c1ccc(-c2ccc(-c3ccc(-c4cccs4)s3)cc2)cc1. The molecule has 0 saturated carbocycles. The molecule has 0 atom stereocenters. The summed E-state index contributed by atoms with van der Waals surface area (Å²) in [6, 6.07) is 26.2. The van der Waals surface area contributed by atoms with E-state index in [0.29, 0.717) is 0 Å². The Morgan fingerprint density at radius 3 is 1.88 bits per heavy atom. The molecule has 25 heavy (non-hydrogen) atoms. The van der Waals surface area contributed by atoms with Gasteiger partial charge in [0.1, 0.15) is 0 Å². The van der Waals surface area contributed by atoms with E-state index in [1.54, 1.807) is 11.3 Å². The van der Waals surface area contributed by atoms with Crippen LogP contribution in [0.3, 0.4) is 0 Å². The van der Waals surface area contributed by atoms with Gasteiger partial charge in [0, 0.05) is 14.6 Å². The van der Waals surface area contributed by atoms with Crippen LogP contribution in [0.1, 0.15) is 12.5 Å². The van der Waals surface area contributed by atoms with Crippen molar-refractivity contribution >= 4 is 28.2 Å². The predicted octanol–water partition coefficient (Wildman–Crippen LogP) is 7.84. The number of hydrogen-bond donors (Lipinski definition) is 0. The first-order chi connectivity index (χ1) is 12.2. The van der Waals surface area contributed by atoms with Crippen molar-refractivity contribution in [2.24, 2.45) is 0 Å². The molecule has 2 heteroatoms. The molecule has 0 N–H and O–H groups in total. The summed E-state index contributed by atoms with van der Waals surface area (Å²) in [6.07, 6.45) is 0. The zero-order valence-electron chi connectivity index (χ0n) is 14.0. The molecule has 0 aliphatic rings. The summed E-state index contributed by atoms with van der Waals surface area (Å²) < 4.78 is 0. The Labute approximate surface area is 156 Å². The highest BCUT2D eigenvalue weighted by Crippen LogP contribution is 2.37. The number of benzene rings is 2. The second kappa shape index (κ2) is 6.83. The van der Waals surface area contributed by atoms with Crippen molar-refractivity contribution in [2.75, 3.05) is 0 Å². The lowest BCUT2D eigenvalue weighted by molar-refractivity contribution is 1.56. The van der Waals surface area contributed by atoms with E-state index in [1.165, 1.54) is 36.9 Å². The van der Waals surface area contributed by atoms with E-state index in [2.05, 4.69) is 84.8 Å². The van der Waals surface area contributed by atoms with Gasteiger partial charge in [-0.15, -0.1) is 22.7 Å². The molecule has 0 unspecified atom stereocenters. The largest absolute Gasteiger partial charge is 0.143 e. The molecule has 0 radical (unpaired) electrons. The average Bonchev–Trinajstić information content (AvgIpc) is 3.33. The molecule has 4 aromatic rings. The van der Waals surface area contributed by atoms with Gasteiger partial charge in [-0.1, -0.05) is 66.7 Å². The summed E-state index contributed by atoms with van der Waals surface area (Å²) >= 11 is 3.64. The van der Waals surface area contributed by atoms with E-state index in [1.807, 2.05) is 18.3 Å². The van der Waals surface area contributed by atoms with Crippen LogP contribution in [-0.2, 0) is 0 Å². The van der Waals surface area contributed by atoms with Crippen molar-refractivity contribution < 1.29 is 0 Å². The van der Waals surface area contributed by atoms with Crippen LogP contribution in [0, 0.1) is 0 Å². The second-order valence-corrected chi connectivity index (χ2v) is 8.11. The number of rotatable bonds is 4. The molecule has 0 nitrogen and oxygen atoms in total. The van der Waals surface area contributed by atoms with Crippen LogP contribution < -0.4 is 0 Å². The van der Waals surface area contributed by atoms with Gasteiger partial charge in [-0.25, -0.2) is 0 Å². The van der Waals surface area contributed by atoms with E-state index in [9.17, 15) is 0 Å². The van der Waals surface area contributed by atoms with Crippen molar-refractivity contribution in [3.05, 3.63) is 90.3 Å². The minimum absolute atomic E-state index is 1.10. The first kappa shape index (κ1) is 16.1. The van der Waals surface area contributed by atoms with Gasteiger partial charge in [0.2, 0.25) is 0 Å². The Balaban J connectivity index is 1.59. The van der Waals surface area contributed by atoms with Crippen LogP contribution in [0.25, 0.3) is 36.9 Å². The van der Waals surface area contributed by atoms with Gasteiger partial charge in [-0.05, 0) is 52.8 Å². The highest BCUT2D eigenvalue weighted by atomic mass is 32.1. The quantitative estimate of drug-likeness (QED) is 0.348. The summed E-state index contributed by atoms with van der Waals surface area (Å²) in [5.74, 6) is 0. The lowest BCUT2D eigenvalue weighted by Gasteiger charge is -2.05. The lowest BCUT2D eigenvalue weighted by Crippen LogP contribution is -1.81. The van der Waals surface area contributed by atoms with Crippen molar-refractivity contribution in [2.45, 2.75) is 6.92 Å². The Morgan fingerprint density at radius 2 is 1.28 bits per heavy atom. The number of thiophene rings is 2. The van der Waals surface area contributed by atoms with E-state index in [-0.39, 0.29) is 0 Å². The van der Waals surface area contributed by atoms with Crippen LogP contribution in [0.15, 0.2) is 84.8 Å². The summed E-state index contributed by atoms with van der Waals surface area (Å²) in [4.78, 5) is 3.99. The van der Waals surface area contributed by atoms with Crippen LogP contribution in [0.2, 0.25) is 0 Å². The molecule has 2 aromatic carbocycles. The normalized spacial score (nSPS) is 10.8. The van der Waals surface area contributed by atoms with Gasteiger partial charge in [0.05, 0.1) is 0 Å². The molecular formula is C23H18S2. The summed E-state index contributed by atoms with van der Waals surface area (Å²) in [6.45, 7) is 6.03. The number of hydrogen-bond acceptors (Lipinski definition) is 2. The maximum Gasteiger partial charge on any atom is 0.0449 e.